The minimum atomic E-state index is -0.197. The molecule has 0 heterocycles. The van der Waals surface area contributed by atoms with Crippen LogP contribution in [0.2, 0.25) is 0 Å². The van der Waals surface area contributed by atoms with Crippen molar-refractivity contribution in [1.82, 2.24) is 5.32 Å². The Balaban J connectivity index is 1.27. The Hall–Kier alpha value is -3.23. The molecule has 1 aliphatic carbocycles. The molecule has 36 heavy (non-hydrogen) atoms. The molecule has 0 bridgehead atoms. The van der Waals surface area contributed by atoms with E-state index in [4.69, 9.17) is 0 Å². The van der Waals surface area contributed by atoms with E-state index in [0.29, 0.717) is 0 Å². The van der Waals surface area contributed by atoms with Crippen molar-refractivity contribution in [1.29, 1.82) is 0 Å². The van der Waals surface area contributed by atoms with E-state index in [1.54, 1.807) is 0 Å². The summed E-state index contributed by atoms with van der Waals surface area (Å²) in [6.45, 7) is 10.4. The van der Waals surface area contributed by atoms with Gasteiger partial charge in [-0.25, -0.2) is 4.39 Å². The number of nitrogens with one attached hydrogen (secondary N) is 1. The molecule has 0 fully saturated rings. The number of aryl methyl sites for hydroxylation is 3. The van der Waals surface area contributed by atoms with E-state index in [9.17, 15) is 4.39 Å². The van der Waals surface area contributed by atoms with E-state index in [0.717, 1.165) is 62.7 Å². The third kappa shape index (κ3) is 7.15. The molecule has 0 unspecified atom stereocenters. The molecule has 0 atom stereocenters. The molecule has 1 N–H and O–H groups in total. The second kappa shape index (κ2) is 12.6. The van der Waals surface area contributed by atoms with Gasteiger partial charge in [-0.2, -0.15) is 0 Å². The molecule has 4 rings (SSSR count). The van der Waals surface area contributed by atoms with Crippen LogP contribution in [0.25, 0.3) is 11.1 Å². The van der Waals surface area contributed by atoms with Crippen molar-refractivity contribution in [2.45, 2.75) is 52.4 Å². The zero-order valence-electron chi connectivity index (χ0n) is 21.7. The first-order valence-corrected chi connectivity index (χ1v) is 13.2. The van der Waals surface area contributed by atoms with Crippen LogP contribution in [0, 0.1) is 12.7 Å². The van der Waals surface area contributed by atoms with Gasteiger partial charge in [-0.15, -0.1) is 0 Å². The van der Waals surface area contributed by atoms with Crippen LogP contribution < -0.4 is 5.32 Å². The minimum absolute atomic E-state index is 0.197. The summed E-state index contributed by atoms with van der Waals surface area (Å²) >= 11 is 0. The van der Waals surface area contributed by atoms with Gasteiger partial charge in [-0.3, -0.25) is 0 Å². The highest BCUT2D eigenvalue weighted by Gasteiger charge is 2.08. The summed E-state index contributed by atoms with van der Waals surface area (Å²) in [6.07, 6.45) is 11.1. The molecule has 3 aromatic carbocycles. The Bertz CT molecular complexity index is 1250. The fourth-order valence-electron chi connectivity index (χ4n) is 4.95. The summed E-state index contributed by atoms with van der Waals surface area (Å²) in [5.74, 6) is -0.197. The average molecular weight is 480 g/mol. The fraction of sp³-hybridized carbons (Fsp3) is 0.294. The normalized spacial score (nSPS) is 13.3. The predicted octanol–water partition coefficient (Wildman–Crippen LogP) is 8.33. The van der Waals surface area contributed by atoms with Crippen LogP contribution in [0.3, 0.4) is 0 Å². The SMILES string of the molecule is C=C(C)C1=CC=C(CCNCCc2ccccc2CCc2ccc(-c3ccc(F)cc3)cc2C)CC1. The Morgan fingerprint density at radius 1 is 0.778 bits per heavy atom. The van der Waals surface area contributed by atoms with Gasteiger partial charge in [0.2, 0.25) is 0 Å². The third-order valence-electron chi connectivity index (χ3n) is 7.28. The summed E-state index contributed by atoms with van der Waals surface area (Å²) in [5, 5.41) is 3.65. The second-order valence-electron chi connectivity index (χ2n) is 9.96. The highest BCUT2D eigenvalue weighted by atomic mass is 19.1. The quantitative estimate of drug-likeness (QED) is 0.273. The van der Waals surface area contributed by atoms with Crippen LogP contribution in [0.5, 0.6) is 0 Å². The summed E-state index contributed by atoms with van der Waals surface area (Å²) in [5.41, 5.74) is 11.9. The maximum Gasteiger partial charge on any atom is 0.123 e. The number of hydrogen-bond donors (Lipinski definition) is 1. The van der Waals surface area contributed by atoms with Crippen LogP contribution in [-0.4, -0.2) is 13.1 Å². The lowest BCUT2D eigenvalue weighted by molar-refractivity contribution is 0.628. The lowest BCUT2D eigenvalue weighted by Gasteiger charge is -2.15. The van der Waals surface area contributed by atoms with Gasteiger partial charge in [0.15, 0.2) is 0 Å². The van der Waals surface area contributed by atoms with E-state index >= 15 is 0 Å². The molecular formula is C34H38FN. The Kier molecular flexibility index (Phi) is 9.08. The van der Waals surface area contributed by atoms with Gasteiger partial charge in [-0.05, 0) is 117 Å². The molecule has 3 aromatic rings. The van der Waals surface area contributed by atoms with Crippen LogP contribution in [0.15, 0.2) is 102 Å². The first kappa shape index (κ1) is 25.9. The van der Waals surface area contributed by atoms with E-state index < -0.39 is 0 Å². The molecule has 0 radical (unpaired) electrons. The highest BCUT2D eigenvalue weighted by molar-refractivity contribution is 5.64. The van der Waals surface area contributed by atoms with Crippen LogP contribution >= 0.6 is 0 Å². The predicted molar refractivity (Wildman–Crippen MR) is 152 cm³/mol. The topological polar surface area (TPSA) is 12.0 Å². The van der Waals surface area contributed by atoms with Crippen LogP contribution in [0.1, 0.15) is 48.4 Å². The summed E-state index contributed by atoms with van der Waals surface area (Å²) in [6, 6.07) is 22.2. The zero-order chi connectivity index (χ0) is 25.3. The van der Waals surface area contributed by atoms with Gasteiger partial charge in [0.1, 0.15) is 5.82 Å². The number of hydrogen-bond acceptors (Lipinski definition) is 1. The average Bonchev–Trinajstić information content (AvgIpc) is 2.89. The van der Waals surface area contributed by atoms with Crippen LogP contribution in [-0.2, 0) is 19.3 Å². The molecule has 2 heteroatoms. The summed E-state index contributed by atoms with van der Waals surface area (Å²) in [7, 11) is 0. The largest absolute Gasteiger partial charge is 0.316 e. The Labute approximate surface area is 216 Å². The monoisotopic (exact) mass is 479 g/mol. The van der Waals surface area contributed by atoms with E-state index in [1.165, 1.54) is 51.1 Å². The van der Waals surface area contributed by atoms with Crippen molar-refractivity contribution in [3.05, 3.63) is 130 Å². The van der Waals surface area contributed by atoms with Gasteiger partial charge in [0, 0.05) is 0 Å². The molecule has 0 aromatic heterocycles. The van der Waals surface area contributed by atoms with E-state index in [-0.39, 0.29) is 5.82 Å². The Morgan fingerprint density at radius 3 is 2.11 bits per heavy atom. The van der Waals surface area contributed by atoms with Crippen molar-refractivity contribution in [2.24, 2.45) is 0 Å². The standard InChI is InChI=1S/C34H38FN/c1-25(2)28-10-8-27(9-11-28)20-22-36-23-21-31-7-5-4-6-30(31)14-12-29-13-15-33(24-26(29)3)32-16-18-34(35)19-17-32/h4-8,10,13,15-19,24,36H,1,9,11-12,14,20-23H2,2-3H3. The summed E-state index contributed by atoms with van der Waals surface area (Å²) in [4.78, 5) is 0. The fourth-order valence-corrected chi connectivity index (χ4v) is 4.95. The maximum atomic E-state index is 13.3. The lowest BCUT2D eigenvalue weighted by atomic mass is 9.93. The molecule has 0 aliphatic heterocycles. The van der Waals surface area contributed by atoms with Crippen LogP contribution in [0.4, 0.5) is 4.39 Å². The van der Waals surface area contributed by atoms with Gasteiger partial charge in [0.05, 0.1) is 0 Å². The highest BCUT2D eigenvalue weighted by Crippen LogP contribution is 2.25. The van der Waals surface area contributed by atoms with Gasteiger partial charge in [0.25, 0.3) is 0 Å². The molecule has 1 aliphatic rings. The summed E-state index contributed by atoms with van der Waals surface area (Å²) < 4.78 is 13.3. The number of halogens is 1. The van der Waals surface area contributed by atoms with Crippen molar-refractivity contribution >= 4 is 0 Å². The number of allylic oxidation sites excluding steroid dienone is 4. The molecule has 0 saturated heterocycles. The first-order valence-electron chi connectivity index (χ1n) is 13.2. The zero-order valence-corrected chi connectivity index (χ0v) is 21.7. The molecule has 0 amide bonds. The van der Waals surface area contributed by atoms with Gasteiger partial charge < -0.3 is 5.32 Å². The minimum Gasteiger partial charge on any atom is -0.316 e. The molecule has 186 valence electrons. The lowest BCUT2D eigenvalue weighted by Crippen LogP contribution is -2.19. The third-order valence-corrected chi connectivity index (χ3v) is 7.28. The van der Waals surface area contributed by atoms with Gasteiger partial charge in [-0.1, -0.05) is 84.5 Å². The van der Waals surface area contributed by atoms with Crippen molar-refractivity contribution in [2.75, 3.05) is 13.1 Å². The van der Waals surface area contributed by atoms with E-state index in [2.05, 4.69) is 80.4 Å². The molecular weight excluding hydrogens is 441 g/mol. The second-order valence-corrected chi connectivity index (χ2v) is 9.96. The van der Waals surface area contributed by atoms with Gasteiger partial charge >= 0.3 is 0 Å². The maximum absolute atomic E-state index is 13.3. The first-order chi connectivity index (χ1) is 17.5. The van der Waals surface area contributed by atoms with E-state index in [1.807, 2.05) is 12.1 Å². The van der Waals surface area contributed by atoms with Crippen molar-refractivity contribution in [3.8, 4) is 11.1 Å². The smallest absolute Gasteiger partial charge is 0.123 e. The van der Waals surface area contributed by atoms with Crippen molar-refractivity contribution < 1.29 is 4.39 Å². The molecule has 1 nitrogen and oxygen atoms in total. The number of benzene rings is 3. The van der Waals surface area contributed by atoms with Crippen molar-refractivity contribution in [3.63, 3.8) is 0 Å². The Morgan fingerprint density at radius 2 is 1.44 bits per heavy atom. The number of rotatable bonds is 11. The molecule has 0 spiro atoms. The molecule has 0 saturated carbocycles.